The highest BCUT2D eigenvalue weighted by atomic mass is 35.5. The molecular weight excluding hydrogens is 445 g/mol. The first kappa shape index (κ1) is 22.5. The number of aromatic amines is 1. The average molecular weight is 470 g/mol. The Morgan fingerprint density at radius 2 is 1.91 bits per heavy atom. The Morgan fingerprint density at radius 1 is 1.09 bits per heavy atom. The molecule has 1 fully saturated rings. The van der Waals surface area contributed by atoms with Crippen LogP contribution in [0.4, 0.5) is 5.69 Å². The first-order valence-corrected chi connectivity index (χ1v) is 11.5. The van der Waals surface area contributed by atoms with Gasteiger partial charge in [0.25, 0.3) is 5.91 Å². The predicted molar refractivity (Wildman–Crippen MR) is 130 cm³/mol. The van der Waals surface area contributed by atoms with E-state index in [1.165, 1.54) is 0 Å². The number of benzene rings is 2. The minimum atomic E-state index is -0.119. The van der Waals surface area contributed by atoms with Gasteiger partial charge >= 0.3 is 0 Å². The van der Waals surface area contributed by atoms with E-state index < -0.39 is 0 Å². The Bertz CT molecular complexity index is 1140. The maximum absolute atomic E-state index is 12.4. The summed E-state index contributed by atoms with van der Waals surface area (Å²) in [6, 6.07) is 15.0. The highest BCUT2D eigenvalue weighted by molar-refractivity contribution is 6.43. The lowest BCUT2D eigenvalue weighted by Crippen LogP contribution is -2.46. The number of anilines is 1. The molecule has 0 radical (unpaired) electrons. The second-order valence-electron chi connectivity index (χ2n) is 7.96. The van der Waals surface area contributed by atoms with E-state index in [9.17, 15) is 4.79 Å². The third kappa shape index (κ3) is 5.18. The number of nitrogens with zero attached hydrogens (tertiary/aromatic N) is 3. The van der Waals surface area contributed by atoms with E-state index in [1.807, 2.05) is 24.3 Å². The SMILES string of the molecule is N#Cc1ccc2[nH]c(C(=O)NCCCCN3CCN(c4cccc(Cl)c4Cl)CC3)cc2c1. The summed E-state index contributed by atoms with van der Waals surface area (Å²) in [6.45, 7) is 5.45. The highest BCUT2D eigenvalue weighted by Crippen LogP contribution is 2.32. The molecule has 6 nitrogen and oxygen atoms in total. The molecule has 3 aromatic rings. The molecule has 1 aliphatic rings. The van der Waals surface area contributed by atoms with Crippen molar-refractivity contribution < 1.29 is 4.79 Å². The fourth-order valence-corrected chi connectivity index (χ4v) is 4.45. The van der Waals surface area contributed by atoms with Crippen molar-refractivity contribution in [3.8, 4) is 6.07 Å². The topological polar surface area (TPSA) is 75.2 Å². The zero-order valence-electron chi connectivity index (χ0n) is 17.7. The Balaban J connectivity index is 1.17. The van der Waals surface area contributed by atoms with E-state index in [-0.39, 0.29) is 5.91 Å². The number of hydrogen-bond acceptors (Lipinski definition) is 4. The minimum Gasteiger partial charge on any atom is -0.368 e. The molecule has 166 valence electrons. The van der Waals surface area contributed by atoms with Gasteiger partial charge in [-0.3, -0.25) is 9.69 Å². The Hall–Kier alpha value is -2.72. The highest BCUT2D eigenvalue weighted by Gasteiger charge is 2.19. The first-order valence-electron chi connectivity index (χ1n) is 10.8. The maximum atomic E-state index is 12.4. The van der Waals surface area contributed by atoms with Crippen LogP contribution in [0.5, 0.6) is 0 Å². The van der Waals surface area contributed by atoms with Crippen LogP contribution in [-0.4, -0.2) is 55.1 Å². The number of halogens is 2. The molecule has 0 bridgehead atoms. The average Bonchev–Trinajstić information content (AvgIpc) is 3.24. The molecule has 0 aliphatic carbocycles. The largest absolute Gasteiger partial charge is 0.368 e. The summed E-state index contributed by atoms with van der Waals surface area (Å²) in [6.07, 6.45) is 1.95. The van der Waals surface area contributed by atoms with E-state index in [4.69, 9.17) is 28.5 Å². The number of amides is 1. The zero-order valence-corrected chi connectivity index (χ0v) is 19.2. The normalized spacial score (nSPS) is 14.5. The van der Waals surface area contributed by atoms with Gasteiger partial charge in [0.15, 0.2) is 0 Å². The lowest BCUT2D eigenvalue weighted by atomic mass is 10.2. The number of carbonyl (C=O) groups is 1. The molecule has 0 saturated carbocycles. The van der Waals surface area contributed by atoms with Gasteiger partial charge < -0.3 is 15.2 Å². The number of hydrogen-bond donors (Lipinski definition) is 2. The molecule has 1 aliphatic heterocycles. The standard InChI is InChI=1S/C24H25Cl2N5O/c25-19-4-3-5-22(23(19)26)31-12-10-30(11-13-31)9-2-1-8-28-24(32)21-15-18-14-17(16-27)6-7-20(18)29-21/h3-7,14-15,29H,1-2,8-13H2,(H,28,32). The number of unbranched alkanes of at least 4 members (excludes halogenated alkanes) is 1. The zero-order chi connectivity index (χ0) is 22.5. The van der Waals surface area contributed by atoms with Gasteiger partial charge in [-0.15, -0.1) is 0 Å². The number of piperazine rings is 1. The molecule has 1 amide bonds. The van der Waals surface area contributed by atoms with Crippen LogP contribution in [0.3, 0.4) is 0 Å². The lowest BCUT2D eigenvalue weighted by molar-refractivity contribution is 0.0948. The molecule has 2 N–H and O–H groups in total. The van der Waals surface area contributed by atoms with Crippen molar-refractivity contribution in [2.24, 2.45) is 0 Å². The van der Waals surface area contributed by atoms with Crippen LogP contribution >= 0.6 is 23.2 Å². The summed E-state index contributed by atoms with van der Waals surface area (Å²) in [4.78, 5) is 20.3. The maximum Gasteiger partial charge on any atom is 0.267 e. The Kier molecular flexibility index (Phi) is 7.21. The van der Waals surface area contributed by atoms with Gasteiger partial charge in [0.1, 0.15) is 5.69 Å². The fourth-order valence-electron chi connectivity index (χ4n) is 4.03. The Labute approximate surface area is 197 Å². The molecule has 1 saturated heterocycles. The third-order valence-electron chi connectivity index (χ3n) is 5.83. The molecule has 2 heterocycles. The second-order valence-corrected chi connectivity index (χ2v) is 8.75. The summed E-state index contributed by atoms with van der Waals surface area (Å²) in [5.41, 5.74) is 2.96. The molecule has 0 atom stereocenters. The van der Waals surface area contributed by atoms with Crippen molar-refractivity contribution in [2.75, 3.05) is 44.2 Å². The van der Waals surface area contributed by atoms with E-state index >= 15 is 0 Å². The number of fused-ring (bicyclic) bond motifs is 1. The number of H-pyrrole nitrogens is 1. The van der Waals surface area contributed by atoms with Crippen molar-refractivity contribution in [2.45, 2.75) is 12.8 Å². The van der Waals surface area contributed by atoms with Crippen molar-refractivity contribution in [1.29, 1.82) is 5.26 Å². The van der Waals surface area contributed by atoms with E-state index in [0.717, 1.165) is 62.2 Å². The molecule has 0 spiro atoms. The van der Waals surface area contributed by atoms with Gasteiger partial charge in [0.2, 0.25) is 0 Å². The molecule has 8 heteroatoms. The van der Waals surface area contributed by atoms with Crippen LogP contribution in [0, 0.1) is 11.3 Å². The van der Waals surface area contributed by atoms with Crippen LogP contribution in [0.15, 0.2) is 42.5 Å². The lowest BCUT2D eigenvalue weighted by Gasteiger charge is -2.36. The van der Waals surface area contributed by atoms with E-state index in [0.29, 0.717) is 27.8 Å². The summed E-state index contributed by atoms with van der Waals surface area (Å²) < 4.78 is 0. The summed E-state index contributed by atoms with van der Waals surface area (Å²) in [5.74, 6) is -0.119. The molecule has 2 aromatic carbocycles. The second kappa shape index (κ2) is 10.3. The molecular formula is C24H25Cl2N5O. The Morgan fingerprint density at radius 3 is 2.69 bits per heavy atom. The van der Waals surface area contributed by atoms with Gasteiger partial charge in [-0.1, -0.05) is 29.3 Å². The first-order chi connectivity index (χ1) is 15.5. The number of aromatic nitrogens is 1. The molecule has 32 heavy (non-hydrogen) atoms. The van der Waals surface area contributed by atoms with Crippen molar-refractivity contribution >= 4 is 45.7 Å². The number of nitriles is 1. The van der Waals surface area contributed by atoms with Crippen LogP contribution in [0.25, 0.3) is 10.9 Å². The predicted octanol–water partition coefficient (Wildman–Crippen LogP) is 4.68. The van der Waals surface area contributed by atoms with Crippen molar-refractivity contribution in [3.63, 3.8) is 0 Å². The minimum absolute atomic E-state index is 0.119. The monoisotopic (exact) mass is 469 g/mol. The summed E-state index contributed by atoms with van der Waals surface area (Å²) in [5, 5.41) is 14.1. The van der Waals surface area contributed by atoms with Crippen molar-refractivity contribution in [1.82, 2.24) is 15.2 Å². The number of rotatable bonds is 7. The van der Waals surface area contributed by atoms with Gasteiger partial charge in [-0.25, -0.2) is 0 Å². The van der Waals surface area contributed by atoms with Gasteiger partial charge in [0, 0.05) is 43.6 Å². The smallest absolute Gasteiger partial charge is 0.267 e. The summed E-state index contributed by atoms with van der Waals surface area (Å²) >= 11 is 12.5. The van der Waals surface area contributed by atoms with Crippen molar-refractivity contribution in [3.05, 3.63) is 63.8 Å². The van der Waals surface area contributed by atoms with Gasteiger partial charge in [-0.05, 0) is 55.8 Å². The number of nitrogens with one attached hydrogen (secondary N) is 2. The quantitative estimate of drug-likeness (QED) is 0.492. The van der Waals surface area contributed by atoms with Gasteiger partial charge in [-0.2, -0.15) is 5.26 Å². The van der Waals surface area contributed by atoms with Crippen LogP contribution in [0.2, 0.25) is 10.0 Å². The fraction of sp³-hybridized carbons (Fsp3) is 0.333. The van der Waals surface area contributed by atoms with Crippen LogP contribution in [0.1, 0.15) is 28.9 Å². The summed E-state index contributed by atoms with van der Waals surface area (Å²) in [7, 11) is 0. The number of carbonyl (C=O) groups excluding carboxylic acids is 1. The third-order valence-corrected chi connectivity index (χ3v) is 6.63. The van der Waals surface area contributed by atoms with Crippen LogP contribution < -0.4 is 10.2 Å². The molecule has 4 rings (SSSR count). The molecule has 1 aromatic heterocycles. The van der Waals surface area contributed by atoms with E-state index in [2.05, 4.69) is 26.2 Å². The molecule has 0 unspecified atom stereocenters. The van der Waals surface area contributed by atoms with Crippen LogP contribution in [-0.2, 0) is 0 Å². The van der Waals surface area contributed by atoms with E-state index in [1.54, 1.807) is 18.2 Å². The van der Waals surface area contributed by atoms with Gasteiger partial charge in [0.05, 0.1) is 27.4 Å².